The van der Waals surface area contributed by atoms with Gasteiger partial charge in [-0.25, -0.2) is 4.79 Å². The largest absolute Gasteiger partial charge is 0.456 e. The van der Waals surface area contributed by atoms with Crippen molar-refractivity contribution in [2.75, 3.05) is 19.8 Å². The van der Waals surface area contributed by atoms with Gasteiger partial charge in [-0.1, -0.05) is 18.7 Å². The van der Waals surface area contributed by atoms with Crippen molar-refractivity contribution in [3.05, 3.63) is 24.3 Å². The Morgan fingerprint density at radius 3 is 2.80 bits per heavy atom. The van der Waals surface area contributed by atoms with E-state index >= 15 is 0 Å². The van der Waals surface area contributed by atoms with E-state index in [1.165, 1.54) is 0 Å². The lowest BCUT2D eigenvalue weighted by atomic mass is 9.75. The van der Waals surface area contributed by atoms with E-state index in [1.807, 2.05) is 6.92 Å². The third kappa shape index (κ3) is 5.47. The SMILES string of the molecule is C=C1CC(CCOCCO)CC(C)(OC(=O)C(=C)C)C1. The quantitative estimate of drug-likeness (QED) is 0.337. The summed E-state index contributed by atoms with van der Waals surface area (Å²) in [4.78, 5) is 11.7. The van der Waals surface area contributed by atoms with E-state index in [0.717, 1.165) is 24.8 Å². The minimum atomic E-state index is -0.493. The van der Waals surface area contributed by atoms with Crippen LogP contribution in [0.15, 0.2) is 24.3 Å². The summed E-state index contributed by atoms with van der Waals surface area (Å²) in [5.41, 5.74) is 1.04. The fourth-order valence-electron chi connectivity index (χ4n) is 2.77. The molecule has 1 aliphatic carbocycles. The van der Waals surface area contributed by atoms with Crippen molar-refractivity contribution in [3.8, 4) is 0 Å². The van der Waals surface area contributed by atoms with Crippen LogP contribution in [0.1, 0.15) is 39.5 Å². The zero-order chi connectivity index (χ0) is 15.2. The zero-order valence-corrected chi connectivity index (χ0v) is 12.6. The predicted molar refractivity (Wildman–Crippen MR) is 78.3 cm³/mol. The number of aliphatic hydroxyl groups is 1. The lowest BCUT2D eigenvalue weighted by Gasteiger charge is -2.39. The standard InChI is InChI=1S/C16H26O4/c1-12(2)15(18)20-16(4)10-13(3)9-14(11-16)5-7-19-8-6-17/h14,17H,1,3,5-11H2,2,4H3. The van der Waals surface area contributed by atoms with Gasteiger partial charge in [0, 0.05) is 18.6 Å². The average Bonchev–Trinajstić information content (AvgIpc) is 2.33. The van der Waals surface area contributed by atoms with Gasteiger partial charge in [-0.3, -0.25) is 0 Å². The molecule has 0 bridgehead atoms. The molecule has 1 N–H and O–H groups in total. The minimum Gasteiger partial charge on any atom is -0.456 e. The number of ether oxygens (including phenoxy) is 2. The van der Waals surface area contributed by atoms with Crippen LogP contribution in [0.5, 0.6) is 0 Å². The summed E-state index contributed by atoms with van der Waals surface area (Å²) >= 11 is 0. The van der Waals surface area contributed by atoms with E-state index in [9.17, 15) is 4.79 Å². The highest BCUT2D eigenvalue weighted by molar-refractivity contribution is 5.87. The third-order valence-corrected chi connectivity index (χ3v) is 3.52. The van der Waals surface area contributed by atoms with Crippen LogP contribution >= 0.6 is 0 Å². The molecule has 0 saturated heterocycles. The van der Waals surface area contributed by atoms with Crippen molar-refractivity contribution in [1.82, 2.24) is 0 Å². The summed E-state index contributed by atoms with van der Waals surface area (Å²) in [6.07, 6.45) is 3.36. The van der Waals surface area contributed by atoms with Crippen LogP contribution in [0, 0.1) is 5.92 Å². The smallest absolute Gasteiger partial charge is 0.333 e. The van der Waals surface area contributed by atoms with E-state index in [2.05, 4.69) is 13.2 Å². The second-order valence-corrected chi connectivity index (χ2v) is 5.95. The van der Waals surface area contributed by atoms with Crippen molar-refractivity contribution in [2.24, 2.45) is 5.92 Å². The van der Waals surface area contributed by atoms with Gasteiger partial charge in [0.25, 0.3) is 0 Å². The second-order valence-electron chi connectivity index (χ2n) is 5.95. The van der Waals surface area contributed by atoms with E-state index in [-0.39, 0.29) is 12.6 Å². The summed E-state index contributed by atoms with van der Waals surface area (Å²) in [6, 6.07) is 0. The molecule has 20 heavy (non-hydrogen) atoms. The van der Waals surface area contributed by atoms with Crippen molar-refractivity contribution in [1.29, 1.82) is 0 Å². The minimum absolute atomic E-state index is 0.0469. The Labute approximate surface area is 121 Å². The number of aliphatic hydroxyl groups excluding tert-OH is 1. The number of hydrogen-bond acceptors (Lipinski definition) is 4. The van der Waals surface area contributed by atoms with Crippen molar-refractivity contribution >= 4 is 5.97 Å². The van der Waals surface area contributed by atoms with Crippen LogP contribution in [0.4, 0.5) is 0 Å². The molecule has 0 aliphatic heterocycles. The van der Waals surface area contributed by atoms with E-state index in [0.29, 0.717) is 31.1 Å². The highest BCUT2D eigenvalue weighted by Crippen LogP contribution is 2.39. The average molecular weight is 282 g/mol. The van der Waals surface area contributed by atoms with Crippen LogP contribution in [0.25, 0.3) is 0 Å². The highest BCUT2D eigenvalue weighted by Gasteiger charge is 2.37. The molecular formula is C16H26O4. The van der Waals surface area contributed by atoms with Crippen LogP contribution in [-0.2, 0) is 14.3 Å². The van der Waals surface area contributed by atoms with Crippen LogP contribution in [-0.4, -0.2) is 36.5 Å². The molecule has 1 saturated carbocycles. The Morgan fingerprint density at radius 2 is 2.20 bits per heavy atom. The Balaban J connectivity index is 2.53. The molecule has 0 radical (unpaired) electrons. The molecule has 0 amide bonds. The Morgan fingerprint density at radius 1 is 1.50 bits per heavy atom. The van der Waals surface area contributed by atoms with Gasteiger partial charge in [-0.2, -0.15) is 0 Å². The summed E-state index contributed by atoms with van der Waals surface area (Å²) in [5, 5.41) is 8.67. The van der Waals surface area contributed by atoms with Gasteiger partial charge in [-0.15, -0.1) is 0 Å². The first kappa shape index (κ1) is 16.9. The lowest BCUT2D eigenvalue weighted by molar-refractivity contribution is -0.156. The van der Waals surface area contributed by atoms with E-state index in [1.54, 1.807) is 6.92 Å². The maximum absolute atomic E-state index is 11.7. The molecule has 0 aromatic heterocycles. The first-order chi connectivity index (χ1) is 9.36. The van der Waals surface area contributed by atoms with Gasteiger partial charge in [-0.05, 0) is 39.0 Å². The molecule has 1 rings (SSSR count). The molecule has 0 spiro atoms. The van der Waals surface area contributed by atoms with Gasteiger partial charge >= 0.3 is 5.97 Å². The number of esters is 1. The fourth-order valence-corrected chi connectivity index (χ4v) is 2.77. The lowest BCUT2D eigenvalue weighted by Crippen LogP contribution is -2.38. The van der Waals surface area contributed by atoms with Crippen molar-refractivity contribution < 1.29 is 19.4 Å². The zero-order valence-electron chi connectivity index (χ0n) is 12.6. The monoisotopic (exact) mass is 282 g/mol. The topological polar surface area (TPSA) is 55.8 Å². The van der Waals surface area contributed by atoms with Gasteiger partial charge in [0.1, 0.15) is 5.60 Å². The van der Waals surface area contributed by atoms with Gasteiger partial charge in [0.05, 0.1) is 13.2 Å². The molecule has 114 valence electrons. The first-order valence-electron chi connectivity index (χ1n) is 7.10. The molecule has 2 atom stereocenters. The Hall–Kier alpha value is -1.13. The predicted octanol–water partition coefficient (Wildman–Crippen LogP) is 2.62. The van der Waals surface area contributed by atoms with Gasteiger partial charge in [0.2, 0.25) is 0 Å². The first-order valence-corrected chi connectivity index (χ1v) is 7.10. The maximum Gasteiger partial charge on any atom is 0.333 e. The molecule has 1 fully saturated rings. The van der Waals surface area contributed by atoms with E-state index in [4.69, 9.17) is 14.6 Å². The normalized spacial score (nSPS) is 26.4. The fraction of sp³-hybridized carbons (Fsp3) is 0.688. The molecule has 4 nitrogen and oxygen atoms in total. The molecular weight excluding hydrogens is 256 g/mol. The van der Waals surface area contributed by atoms with Crippen LogP contribution in [0.2, 0.25) is 0 Å². The second kappa shape index (κ2) is 7.60. The molecule has 0 aromatic carbocycles. The third-order valence-electron chi connectivity index (χ3n) is 3.52. The van der Waals surface area contributed by atoms with Gasteiger partial charge in [0.15, 0.2) is 0 Å². The molecule has 1 aliphatic rings. The summed E-state index contributed by atoms with van der Waals surface area (Å²) < 4.78 is 10.9. The van der Waals surface area contributed by atoms with Crippen LogP contribution < -0.4 is 0 Å². The number of rotatable bonds is 7. The number of carbonyl (C=O) groups excluding carboxylic acids is 1. The number of hydrogen-bond donors (Lipinski definition) is 1. The van der Waals surface area contributed by atoms with E-state index < -0.39 is 5.60 Å². The Bertz CT molecular complexity index is 375. The van der Waals surface area contributed by atoms with Crippen LogP contribution in [0.3, 0.4) is 0 Å². The summed E-state index contributed by atoms with van der Waals surface area (Å²) in [7, 11) is 0. The molecule has 0 heterocycles. The van der Waals surface area contributed by atoms with Gasteiger partial charge < -0.3 is 14.6 Å². The molecule has 4 heteroatoms. The molecule has 0 aromatic rings. The summed E-state index contributed by atoms with van der Waals surface area (Å²) in [5.74, 6) is 0.0651. The summed E-state index contributed by atoms with van der Waals surface area (Å²) in [6.45, 7) is 12.3. The maximum atomic E-state index is 11.7. The Kier molecular flexibility index (Phi) is 6.43. The van der Waals surface area contributed by atoms with Crippen molar-refractivity contribution in [2.45, 2.75) is 45.1 Å². The van der Waals surface area contributed by atoms with Crippen molar-refractivity contribution in [3.63, 3.8) is 0 Å². The molecule has 2 unspecified atom stereocenters. The highest BCUT2D eigenvalue weighted by atomic mass is 16.6. The number of carbonyl (C=O) groups is 1.